The maximum Gasteiger partial charge on any atom is 2.00 e. The molecule has 262 valence electrons. The molecule has 2 fully saturated rings. The first-order valence-electron chi connectivity index (χ1n) is 18.2. The van der Waals surface area contributed by atoms with E-state index < -0.39 is 0 Å². The van der Waals surface area contributed by atoms with Crippen molar-refractivity contribution in [1.29, 1.82) is 0 Å². The summed E-state index contributed by atoms with van der Waals surface area (Å²) >= 11 is 0. The minimum absolute atomic E-state index is 0. The molecule has 0 saturated heterocycles. The van der Waals surface area contributed by atoms with Crippen molar-refractivity contribution in [3.63, 3.8) is 0 Å². The van der Waals surface area contributed by atoms with Crippen LogP contribution in [0, 0.1) is 27.7 Å². The first-order valence-corrected chi connectivity index (χ1v) is 18.2. The van der Waals surface area contributed by atoms with E-state index in [2.05, 4.69) is 137 Å². The van der Waals surface area contributed by atoms with Crippen molar-refractivity contribution in [2.75, 3.05) is 0 Å². The van der Waals surface area contributed by atoms with E-state index in [1.54, 1.807) is 11.1 Å². The third kappa shape index (κ3) is 10.3. The van der Waals surface area contributed by atoms with E-state index >= 15 is 0 Å². The Kier molecular flexibility index (Phi) is 17.1. The number of benzene rings is 4. The zero-order chi connectivity index (χ0) is 32.6. The molecule has 0 aromatic heterocycles. The van der Waals surface area contributed by atoms with Crippen molar-refractivity contribution in [3.8, 4) is 22.3 Å². The first kappa shape index (κ1) is 41.8. The van der Waals surface area contributed by atoms with E-state index in [-0.39, 0.29) is 46.5 Å². The van der Waals surface area contributed by atoms with Crippen LogP contribution in [0.5, 0.6) is 0 Å². The van der Waals surface area contributed by atoms with E-state index in [1.807, 2.05) is 0 Å². The van der Waals surface area contributed by atoms with Gasteiger partial charge in [0.2, 0.25) is 0 Å². The fourth-order valence-corrected chi connectivity index (χ4v) is 7.83. The second-order valence-electron chi connectivity index (χ2n) is 13.9. The van der Waals surface area contributed by atoms with Crippen LogP contribution in [0.25, 0.3) is 43.8 Å². The molecule has 0 heterocycles. The molecule has 0 amide bonds. The Morgan fingerprint density at radius 1 is 0.520 bits per heavy atom. The minimum Gasteiger partial charge on any atom is -1.00 e. The average Bonchev–Trinajstić information content (AvgIpc) is 3.76. The maximum absolute atomic E-state index is 3.38. The molecule has 0 unspecified atom stereocenters. The van der Waals surface area contributed by atoms with Crippen LogP contribution in [0.3, 0.4) is 0 Å². The number of hydrogen-bond donors (Lipinski definition) is 0. The van der Waals surface area contributed by atoms with Crippen LogP contribution in [-0.4, -0.2) is 0 Å². The van der Waals surface area contributed by atoms with Crippen LogP contribution >= 0.6 is 0 Å². The van der Waals surface area contributed by atoms with Crippen LogP contribution in [0.15, 0.2) is 109 Å². The number of hydrogen-bond acceptors (Lipinski definition) is 0. The van der Waals surface area contributed by atoms with E-state index in [4.69, 9.17) is 0 Å². The SMILES string of the molecule is Cc1ccc(-c2cccc3[cH-]c(C4CCCCC4)cc23)cc1.Cc1ccc(-c2cccc3[cH-]c(C4CCCCC4)cc23)cc1.[CH2-]C[CH2-].[Cl-].[Cl-].[Ti+2]. The van der Waals surface area contributed by atoms with Gasteiger partial charge in [0.15, 0.2) is 0 Å². The van der Waals surface area contributed by atoms with Crippen LogP contribution < -0.4 is 24.8 Å². The molecule has 2 saturated carbocycles. The normalized spacial score (nSPS) is 14.6. The van der Waals surface area contributed by atoms with Gasteiger partial charge in [0.25, 0.3) is 0 Å². The fourth-order valence-electron chi connectivity index (χ4n) is 7.83. The van der Waals surface area contributed by atoms with Gasteiger partial charge < -0.3 is 45.1 Å². The number of fused-ring (bicyclic) bond motifs is 2. The molecular formula is C47H52Cl2Ti-4. The van der Waals surface area contributed by atoms with Crippen molar-refractivity contribution < 1.29 is 46.5 Å². The van der Waals surface area contributed by atoms with Gasteiger partial charge in [-0.2, -0.15) is 12.1 Å². The summed E-state index contributed by atoms with van der Waals surface area (Å²) in [6, 6.07) is 41.0. The monoisotopic (exact) mass is 734 g/mol. The van der Waals surface area contributed by atoms with Gasteiger partial charge in [0, 0.05) is 0 Å². The van der Waals surface area contributed by atoms with Crippen molar-refractivity contribution in [2.45, 2.75) is 96.3 Å². The molecule has 6 aromatic carbocycles. The fraction of sp³-hybridized carbons (Fsp3) is 0.319. The van der Waals surface area contributed by atoms with Gasteiger partial charge in [-0.25, -0.2) is 0 Å². The van der Waals surface area contributed by atoms with Crippen molar-refractivity contribution in [3.05, 3.63) is 145 Å². The maximum atomic E-state index is 3.38. The summed E-state index contributed by atoms with van der Waals surface area (Å²) in [6.45, 7) is 11.0. The van der Waals surface area contributed by atoms with Gasteiger partial charge in [-0.15, -0.1) is 69.1 Å². The third-order valence-corrected chi connectivity index (χ3v) is 10.4. The molecule has 0 atom stereocenters. The molecule has 6 aromatic rings. The van der Waals surface area contributed by atoms with Crippen LogP contribution in [0.4, 0.5) is 0 Å². The molecule has 0 bridgehead atoms. The molecule has 0 spiro atoms. The number of halogens is 2. The Bertz CT molecular complexity index is 1710. The second kappa shape index (κ2) is 20.4. The van der Waals surface area contributed by atoms with E-state index in [0.717, 1.165) is 18.3 Å². The summed E-state index contributed by atoms with van der Waals surface area (Å²) in [5.41, 5.74) is 11.2. The molecule has 2 aliphatic rings. The van der Waals surface area contributed by atoms with E-state index in [0.29, 0.717) is 0 Å². The summed E-state index contributed by atoms with van der Waals surface area (Å²) in [5.74, 6) is 1.57. The predicted molar refractivity (Wildman–Crippen MR) is 206 cm³/mol. The molecule has 3 heteroatoms. The Balaban J connectivity index is 0.000000238. The molecule has 0 nitrogen and oxygen atoms in total. The largest absolute Gasteiger partial charge is 2.00 e. The Hall–Kier alpha value is -2.61. The zero-order valence-electron chi connectivity index (χ0n) is 30.0. The minimum atomic E-state index is 0. The topological polar surface area (TPSA) is 0 Å². The zero-order valence-corrected chi connectivity index (χ0v) is 33.1. The Labute approximate surface area is 329 Å². The van der Waals surface area contributed by atoms with Gasteiger partial charge in [0.05, 0.1) is 0 Å². The van der Waals surface area contributed by atoms with Crippen molar-refractivity contribution in [1.82, 2.24) is 0 Å². The molecule has 50 heavy (non-hydrogen) atoms. The molecule has 0 aliphatic heterocycles. The summed E-state index contributed by atoms with van der Waals surface area (Å²) in [4.78, 5) is 0. The van der Waals surface area contributed by atoms with Gasteiger partial charge in [-0.1, -0.05) is 121 Å². The first-order chi connectivity index (χ1) is 23.0. The third-order valence-electron chi connectivity index (χ3n) is 10.4. The molecule has 2 aliphatic carbocycles. The summed E-state index contributed by atoms with van der Waals surface area (Å²) < 4.78 is 0. The van der Waals surface area contributed by atoms with Crippen LogP contribution in [0.1, 0.15) is 105 Å². The van der Waals surface area contributed by atoms with Gasteiger partial charge in [-0.3, -0.25) is 0 Å². The number of aryl methyl sites for hydroxylation is 2. The number of rotatable bonds is 4. The summed E-state index contributed by atoms with van der Waals surface area (Å²) in [6.07, 6.45) is 14.7. The predicted octanol–water partition coefficient (Wildman–Crippen LogP) is 8.21. The quantitative estimate of drug-likeness (QED) is 0.127. The van der Waals surface area contributed by atoms with Crippen LogP contribution in [-0.2, 0) is 21.7 Å². The average molecular weight is 736 g/mol. The van der Waals surface area contributed by atoms with Gasteiger partial charge in [0.1, 0.15) is 0 Å². The molecule has 8 rings (SSSR count). The van der Waals surface area contributed by atoms with Crippen molar-refractivity contribution in [2.24, 2.45) is 0 Å². The second-order valence-corrected chi connectivity index (χ2v) is 13.9. The molecule has 0 N–H and O–H groups in total. The molecule has 0 radical (unpaired) electrons. The smallest absolute Gasteiger partial charge is 1.00 e. The standard InChI is InChI=1S/2C22H23.C3H6.2ClH.Ti/c2*1-16-10-12-18(13-11-16)21-9-5-8-19-14-20(15-22(19)21)17-6-3-2-4-7-17;1-3-2;;;/h2*5,8-15,17H,2-4,6-7H2,1H3;1-3H2;2*1H;/q2*-1;-2;;;+2/p-2. The van der Waals surface area contributed by atoms with Crippen molar-refractivity contribution >= 4 is 21.5 Å². The van der Waals surface area contributed by atoms with Gasteiger partial charge in [-0.05, 0) is 62.5 Å². The summed E-state index contributed by atoms with van der Waals surface area (Å²) in [5, 5.41) is 5.65. The summed E-state index contributed by atoms with van der Waals surface area (Å²) in [7, 11) is 0. The molecular weight excluding hydrogens is 683 g/mol. The Morgan fingerprint density at radius 2 is 0.860 bits per heavy atom. The van der Waals surface area contributed by atoms with E-state index in [9.17, 15) is 0 Å². The van der Waals surface area contributed by atoms with E-state index in [1.165, 1.54) is 119 Å². The Morgan fingerprint density at radius 3 is 1.20 bits per heavy atom. The van der Waals surface area contributed by atoms with Gasteiger partial charge >= 0.3 is 21.7 Å². The van der Waals surface area contributed by atoms with Crippen LogP contribution in [0.2, 0.25) is 0 Å².